The van der Waals surface area contributed by atoms with Crippen molar-refractivity contribution in [1.29, 1.82) is 0 Å². The van der Waals surface area contributed by atoms with Gasteiger partial charge < -0.3 is 29.7 Å². The molecule has 0 radical (unpaired) electrons. The van der Waals surface area contributed by atoms with Gasteiger partial charge in [-0.2, -0.15) is 0 Å². The van der Waals surface area contributed by atoms with Crippen molar-refractivity contribution >= 4 is 17.7 Å². The average Bonchev–Trinajstić information content (AvgIpc) is 2.67. The number of benzene rings is 1. The van der Waals surface area contributed by atoms with Crippen LogP contribution in [0.15, 0.2) is 18.2 Å². The van der Waals surface area contributed by atoms with Gasteiger partial charge in [-0.25, -0.2) is 4.79 Å². The lowest BCUT2D eigenvalue weighted by Gasteiger charge is -2.31. The lowest BCUT2D eigenvalue weighted by Crippen LogP contribution is -2.47. The summed E-state index contributed by atoms with van der Waals surface area (Å²) in [5, 5.41) is 6.07. The van der Waals surface area contributed by atoms with Gasteiger partial charge in [0.1, 0.15) is 11.5 Å². The van der Waals surface area contributed by atoms with Crippen LogP contribution in [0.2, 0.25) is 0 Å². The molecule has 1 aromatic carbocycles. The van der Waals surface area contributed by atoms with E-state index in [0.29, 0.717) is 31.2 Å². The Balaban J connectivity index is 1.77. The van der Waals surface area contributed by atoms with Crippen molar-refractivity contribution in [3.8, 4) is 11.5 Å². The molecular weight excluding hydrogens is 338 g/mol. The minimum atomic E-state index is -0.287. The van der Waals surface area contributed by atoms with Gasteiger partial charge in [0.2, 0.25) is 5.91 Å². The van der Waals surface area contributed by atoms with Crippen LogP contribution in [0, 0.1) is 0 Å². The van der Waals surface area contributed by atoms with Gasteiger partial charge in [0.15, 0.2) is 0 Å². The number of rotatable bonds is 7. The first-order valence-corrected chi connectivity index (χ1v) is 8.74. The molecule has 2 rings (SSSR count). The van der Waals surface area contributed by atoms with Crippen molar-refractivity contribution in [1.82, 2.24) is 10.2 Å². The summed E-state index contributed by atoms with van der Waals surface area (Å²) in [7, 11) is 3.15. The SMILES string of the molecule is CCOC(=O)N1CCC(NC(=O)CNc2ccc(OC)cc2OC)CC1. The molecule has 2 amide bonds. The lowest BCUT2D eigenvalue weighted by molar-refractivity contribution is -0.120. The molecule has 1 aliphatic heterocycles. The Kier molecular flexibility index (Phi) is 7.37. The molecule has 8 nitrogen and oxygen atoms in total. The van der Waals surface area contributed by atoms with E-state index < -0.39 is 0 Å². The molecule has 0 aliphatic carbocycles. The predicted octanol–water partition coefficient (Wildman–Crippen LogP) is 1.85. The van der Waals surface area contributed by atoms with Gasteiger partial charge in [-0.15, -0.1) is 0 Å². The quantitative estimate of drug-likeness (QED) is 0.767. The van der Waals surface area contributed by atoms with Gasteiger partial charge in [0.25, 0.3) is 0 Å². The zero-order chi connectivity index (χ0) is 18.9. The number of carbonyl (C=O) groups excluding carboxylic acids is 2. The largest absolute Gasteiger partial charge is 0.497 e. The molecule has 0 spiro atoms. The van der Waals surface area contributed by atoms with Crippen LogP contribution in [0.3, 0.4) is 0 Å². The van der Waals surface area contributed by atoms with Crippen molar-refractivity contribution in [2.45, 2.75) is 25.8 Å². The van der Waals surface area contributed by atoms with Crippen LogP contribution in [0.1, 0.15) is 19.8 Å². The summed E-state index contributed by atoms with van der Waals surface area (Å²) in [4.78, 5) is 25.5. The highest BCUT2D eigenvalue weighted by Gasteiger charge is 2.24. The summed E-state index contributed by atoms with van der Waals surface area (Å²) >= 11 is 0. The Morgan fingerprint density at radius 2 is 1.92 bits per heavy atom. The van der Waals surface area contributed by atoms with Crippen LogP contribution >= 0.6 is 0 Å². The number of piperidine rings is 1. The van der Waals surface area contributed by atoms with E-state index in [-0.39, 0.29) is 24.6 Å². The van der Waals surface area contributed by atoms with Gasteiger partial charge in [0.05, 0.1) is 33.1 Å². The molecule has 1 aromatic rings. The second-order valence-electron chi connectivity index (χ2n) is 5.95. The molecule has 26 heavy (non-hydrogen) atoms. The first-order valence-electron chi connectivity index (χ1n) is 8.74. The average molecular weight is 365 g/mol. The second-order valence-corrected chi connectivity index (χ2v) is 5.95. The van der Waals surface area contributed by atoms with E-state index >= 15 is 0 Å². The van der Waals surface area contributed by atoms with E-state index in [9.17, 15) is 9.59 Å². The smallest absolute Gasteiger partial charge is 0.409 e. The highest BCUT2D eigenvalue weighted by Crippen LogP contribution is 2.28. The number of nitrogens with zero attached hydrogens (tertiary/aromatic N) is 1. The number of nitrogens with one attached hydrogen (secondary N) is 2. The Labute approximate surface area is 153 Å². The maximum Gasteiger partial charge on any atom is 0.409 e. The van der Waals surface area contributed by atoms with E-state index in [4.69, 9.17) is 14.2 Å². The normalized spacial score (nSPS) is 14.5. The molecule has 1 heterocycles. The predicted molar refractivity (Wildman–Crippen MR) is 97.8 cm³/mol. The van der Waals surface area contributed by atoms with Crippen LogP contribution in [0.5, 0.6) is 11.5 Å². The van der Waals surface area contributed by atoms with Crippen molar-refractivity contribution in [2.24, 2.45) is 0 Å². The summed E-state index contributed by atoms with van der Waals surface area (Å²) in [5.41, 5.74) is 0.723. The van der Waals surface area contributed by atoms with Crippen molar-refractivity contribution < 1.29 is 23.8 Å². The third kappa shape index (κ3) is 5.44. The van der Waals surface area contributed by atoms with Gasteiger partial charge in [-0.3, -0.25) is 4.79 Å². The van der Waals surface area contributed by atoms with Gasteiger partial charge in [0, 0.05) is 25.2 Å². The molecule has 1 aliphatic rings. The molecule has 0 bridgehead atoms. The van der Waals surface area contributed by atoms with Gasteiger partial charge in [-0.05, 0) is 31.9 Å². The molecule has 144 valence electrons. The van der Waals surface area contributed by atoms with Crippen molar-refractivity contribution in [3.05, 3.63) is 18.2 Å². The highest BCUT2D eigenvalue weighted by molar-refractivity contribution is 5.81. The maximum absolute atomic E-state index is 12.2. The topological polar surface area (TPSA) is 89.1 Å². The van der Waals surface area contributed by atoms with Crippen LogP contribution in [0.4, 0.5) is 10.5 Å². The number of hydrogen-bond acceptors (Lipinski definition) is 6. The molecule has 2 N–H and O–H groups in total. The summed E-state index contributed by atoms with van der Waals surface area (Å²) in [6, 6.07) is 5.43. The van der Waals surface area contributed by atoms with Crippen LogP contribution in [-0.2, 0) is 9.53 Å². The van der Waals surface area contributed by atoms with Crippen LogP contribution in [0.25, 0.3) is 0 Å². The molecule has 0 saturated carbocycles. The number of amides is 2. The highest BCUT2D eigenvalue weighted by atomic mass is 16.6. The molecular formula is C18H27N3O5. The first-order chi connectivity index (χ1) is 12.6. The van der Waals surface area contributed by atoms with Crippen LogP contribution in [-0.4, -0.2) is 63.4 Å². The van der Waals surface area contributed by atoms with E-state index in [1.807, 2.05) is 6.07 Å². The van der Waals surface area contributed by atoms with Crippen LogP contribution < -0.4 is 20.1 Å². The molecule has 1 fully saturated rings. The number of methoxy groups -OCH3 is 2. The summed E-state index contributed by atoms with van der Waals surface area (Å²) < 4.78 is 15.4. The fourth-order valence-corrected chi connectivity index (χ4v) is 2.82. The molecule has 8 heteroatoms. The second kappa shape index (κ2) is 9.74. The third-order valence-electron chi connectivity index (χ3n) is 4.23. The number of hydrogen-bond donors (Lipinski definition) is 2. The zero-order valence-corrected chi connectivity index (χ0v) is 15.5. The molecule has 0 unspecified atom stereocenters. The Morgan fingerprint density at radius 3 is 2.54 bits per heavy atom. The Hall–Kier alpha value is -2.64. The van der Waals surface area contributed by atoms with E-state index in [2.05, 4.69) is 10.6 Å². The van der Waals surface area contributed by atoms with Crippen molar-refractivity contribution in [3.63, 3.8) is 0 Å². The number of ether oxygens (including phenoxy) is 3. The molecule has 0 aromatic heterocycles. The lowest BCUT2D eigenvalue weighted by atomic mass is 10.1. The Bertz CT molecular complexity index is 615. The number of anilines is 1. The molecule has 1 saturated heterocycles. The fourth-order valence-electron chi connectivity index (χ4n) is 2.82. The third-order valence-corrected chi connectivity index (χ3v) is 4.23. The summed E-state index contributed by atoms with van der Waals surface area (Å²) in [6.45, 7) is 3.47. The minimum Gasteiger partial charge on any atom is -0.497 e. The summed E-state index contributed by atoms with van der Waals surface area (Å²) in [5.74, 6) is 1.20. The first kappa shape index (κ1) is 19.7. The molecule has 0 atom stereocenters. The minimum absolute atomic E-state index is 0.0627. The fraction of sp³-hybridized carbons (Fsp3) is 0.556. The van der Waals surface area contributed by atoms with Gasteiger partial charge in [-0.1, -0.05) is 0 Å². The maximum atomic E-state index is 12.2. The monoisotopic (exact) mass is 365 g/mol. The van der Waals surface area contributed by atoms with E-state index in [1.165, 1.54) is 0 Å². The Morgan fingerprint density at radius 1 is 1.19 bits per heavy atom. The zero-order valence-electron chi connectivity index (χ0n) is 15.5. The van der Waals surface area contributed by atoms with E-state index in [0.717, 1.165) is 18.5 Å². The number of carbonyl (C=O) groups is 2. The summed E-state index contributed by atoms with van der Waals surface area (Å²) in [6.07, 6.45) is 1.15. The number of likely N-dealkylation sites (tertiary alicyclic amines) is 1. The van der Waals surface area contributed by atoms with Gasteiger partial charge >= 0.3 is 6.09 Å². The van der Waals surface area contributed by atoms with Crippen molar-refractivity contribution in [2.75, 3.05) is 45.8 Å². The standard InChI is InChI=1S/C18H27N3O5/c1-4-26-18(23)21-9-7-13(8-10-21)20-17(22)12-19-15-6-5-14(24-2)11-16(15)25-3/h5-6,11,13,19H,4,7-10,12H2,1-3H3,(H,20,22). The van der Waals surface area contributed by atoms with E-state index in [1.54, 1.807) is 38.2 Å².